The number of rotatable bonds is 2. The van der Waals surface area contributed by atoms with Crippen LogP contribution >= 0.6 is 0 Å². The highest BCUT2D eigenvalue weighted by molar-refractivity contribution is 5.80. The summed E-state index contributed by atoms with van der Waals surface area (Å²) in [6.45, 7) is 2.80. The average molecular weight is 243 g/mol. The Labute approximate surface area is 106 Å². The highest BCUT2D eigenvalue weighted by atomic mass is 16.1. The summed E-state index contributed by atoms with van der Waals surface area (Å²) in [5.74, 6) is 0.519. The molecule has 0 amide bonds. The minimum absolute atomic E-state index is 0.0265. The summed E-state index contributed by atoms with van der Waals surface area (Å²) in [7, 11) is 0. The van der Waals surface area contributed by atoms with Crippen molar-refractivity contribution in [3.63, 3.8) is 0 Å². The number of aromatic nitrogens is 2. The van der Waals surface area contributed by atoms with Gasteiger partial charge in [0.2, 0.25) is 0 Å². The number of hydrogen-bond donors (Lipinski definition) is 1. The Morgan fingerprint density at radius 3 is 3.11 bits per heavy atom. The monoisotopic (exact) mass is 243 g/mol. The van der Waals surface area contributed by atoms with E-state index in [4.69, 9.17) is 0 Å². The number of nitrogens with one attached hydrogen (secondary N) is 1. The van der Waals surface area contributed by atoms with Crippen LogP contribution in [-0.2, 0) is 6.54 Å². The predicted molar refractivity (Wildman–Crippen MR) is 71.6 cm³/mol. The largest absolute Gasteiger partial charge is 0.316 e. The molecular weight excluding hydrogens is 226 g/mol. The topological polar surface area (TPSA) is 46.9 Å². The minimum atomic E-state index is 0.0265. The molecule has 2 aromatic rings. The molecule has 1 fully saturated rings. The summed E-state index contributed by atoms with van der Waals surface area (Å²) in [5.41, 5.74) is 0.0265. The lowest BCUT2D eigenvalue weighted by Gasteiger charge is -2.22. The molecule has 1 saturated heterocycles. The first-order chi connectivity index (χ1) is 8.84. The van der Waals surface area contributed by atoms with Crippen molar-refractivity contribution in [2.75, 3.05) is 13.1 Å². The molecule has 1 N–H and O–H groups in total. The minimum Gasteiger partial charge on any atom is -0.316 e. The molecule has 0 radical (unpaired) electrons. The van der Waals surface area contributed by atoms with Gasteiger partial charge in [-0.2, -0.15) is 5.10 Å². The van der Waals surface area contributed by atoms with Crippen molar-refractivity contribution in [1.82, 2.24) is 15.1 Å². The van der Waals surface area contributed by atoms with Gasteiger partial charge in [-0.05, 0) is 37.9 Å². The lowest BCUT2D eigenvalue weighted by atomic mass is 10.00. The Morgan fingerprint density at radius 1 is 1.39 bits per heavy atom. The van der Waals surface area contributed by atoms with Crippen molar-refractivity contribution in [2.24, 2.45) is 5.92 Å². The zero-order valence-corrected chi connectivity index (χ0v) is 10.3. The number of benzene rings is 1. The van der Waals surface area contributed by atoms with E-state index in [9.17, 15) is 4.79 Å². The molecule has 1 aromatic heterocycles. The average Bonchev–Trinajstić information content (AvgIpc) is 2.43. The van der Waals surface area contributed by atoms with Gasteiger partial charge in [0.1, 0.15) is 0 Å². The molecule has 18 heavy (non-hydrogen) atoms. The Hall–Kier alpha value is -1.68. The van der Waals surface area contributed by atoms with E-state index in [1.54, 1.807) is 10.9 Å². The summed E-state index contributed by atoms with van der Waals surface area (Å²) < 4.78 is 1.61. The SMILES string of the molecule is O=c1c2ccccc2cnn1C[C@@H]1CCCNC1. The van der Waals surface area contributed by atoms with E-state index >= 15 is 0 Å². The third kappa shape index (κ3) is 2.16. The highest BCUT2D eigenvalue weighted by Gasteiger charge is 2.15. The highest BCUT2D eigenvalue weighted by Crippen LogP contribution is 2.12. The second kappa shape index (κ2) is 4.90. The summed E-state index contributed by atoms with van der Waals surface area (Å²) in [6.07, 6.45) is 4.15. The first kappa shape index (κ1) is 11.4. The fourth-order valence-corrected chi connectivity index (χ4v) is 2.58. The molecule has 1 aliphatic rings. The zero-order chi connectivity index (χ0) is 12.4. The van der Waals surface area contributed by atoms with Crippen molar-refractivity contribution < 1.29 is 0 Å². The van der Waals surface area contributed by atoms with E-state index in [-0.39, 0.29) is 5.56 Å². The second-order valence-electron chi connectivity index (χ2n) is 4.93. The lowest BCUT2D eigenvalue weighted by molar-refractivity contribution is 0.320. The maximum atomic E-state index is 12.3. The van der Waals surface area contributed by atoms with Crippen LogP contribution in [0.4, 0.5) is 0 Å². The van der Waals surface area contributed by atoms with Crippen LogP contribution in [0.1, 0.15) is 12.8 Å². The smallest absolute Gasteiger partial charge is 0.274 e. The number of piperidine rings is 1. The molecule has 4 nitrogen and oxygen atoms in total. The first-order valence-corrected chi connectivity index (χ1v) is 6.50. The normalized spacial score (nSPS) is 20.1. The summed E-state index contributed by atoms with van der Waals surface area (Å²) in [5, 5.41) is 9.32. The van der Waals surface area contributed by atoms with Gasteiger partial charge in [0, 0.05) is 11.9 Å². The van der Waals surface area contributed by atoms with Gasteiger partial charge in [0.15, 0.2) is 0 Å². The Morgan fingerprint density at radius 2 is 2.28 bits per heavy atom. The van der Waals surface area contributed by atoms with E-state index in [0.29, 0.717) is 5.92 Å². The number of nitrogens with zero attached hydrogens (tertiary/aromatic N) is 2. The zero-order valence-electron chi connectivity index (χ0n) is 10.3. The van der Waals surface area contributed by atoms with Crippen LogP contribution in [0.5, 0.6) is 0 Å². The standard InChI is InChI=1S/C14H17N3O/c18-14-13-6-2-1-5-12(13)9-16-17(14)10-11-4-3-7-15-8-11/h1-2,5-6,9,11,15H,3-4,7-8,10H2/t11-/m1/s1. The Balaban J connectivity index is 1.92. The molecule has 1 aromatic carbocycles. The molecule has 2 heterocycles. The van der Waals surface area contributed by atoms with Gasteiger partial charge in [-0.15, -0.1) is 0 Å². The van der Waals surface area contributed by atoms with Crippen molar-refractivity contribution in [1.29, 1.82) is 0 Å². The van der Waals surface area contributed by atoms with E-state index in [1.165, 1.54) is 12.8 Å². The quantitative estimate of drug-likeness (QED) is 0.867. The van der Waals surface area contributed by atoms with Gasteiger partial charge >= 0.3 is 0 Å². The second-order valence-corrected chi connectivity index (χ2v) is 4.93. The summed E-state index contributed by atoms with van der Waals surface area (Å²) in [6, 6.07) is 7.63. The fraction of sp³-hybridized carbons (Fsp3) is 0.429. The van der Waals surface area contributed by atoms with E-state index in [0.717, 1.165) is 30.4 Å². The van der Waals surface area contributed by atoms with E-state index < -0.39 is 0 Å². The van der Waals surface area contributed by atoms with Gasteiger partial charge in [-0.25, -0.2) is 4.68 Å². The van der Waals surface area contributed by atoms with Crippen LogP contribution in [0.2, 0.25) is 0 Å². The van der Waals surface area contributed by atoms with Gasteiger partial charge < -0.3 is 5.32 Å². The third-order valence-electron chi connectivity index (χ3n) is 3.59. The van der Waals surface area contributed by atoms with Crippen LogP contribution in [0.3, 0.4) is 0 Å². The summed E-state index contributed by atoms with van der Waals surface area (Å²) in [4.78, 5) is 12.3. The van der Waals surface area contributed by atoms with Crippen molar-refractivity contribution in [3.05, 3.63) is 40.8 Å². The Bertz CT molecular complexity index is 599. The van der Waals surface area contributed by atoms with Crippen LogP contribution in [-0.4, -0.2) is 22.9 Å². The van der Waals surface area contributed by atoms with Crippen LogP contribution < -0.4 is 10.9 Å². The predicted octanol–water partition coefficient (Wildman–Crippen LogP) is 1.40. The molecule has 0 bridgehead atoms. The molecule has 0 aliphatic carbocycles. The third-order valence-corrected chi connectivity index (χ3v) is 3.59. The molecule has 94 valence electrons. The lowest BCUT2D eigenvalue weighted by Crippen LogP contribution is -2.35. The summed E-state index contributed by atoms with van der Waals surface area (Å²) >= 11 is 0. The molecular formula is C14H17N3O. The van der Waals surface area contributed by atoms with Crippen LogP contribution in [0.25, 0.3) is 10.8 Å². The number of fused-ring (bicyclic) bond motifs is 1. The Kier molecular flexibility index (Phi) is 3.11. The maximum Gasteiger partial charge on any atom is 0.274 e. The van der Waals surface area contributed by atoms with Crippen LogP contribution in [0, 0.1) is 5.92 Å². The van der Waals surface area contributed by atoms with Crippen molar-refractivity contribution in [3.8, 4) is 0 Å². The van der Waals surface area contributed by atoms with Gasteiger partial charge in [-0.3, -0.25) is 4.79 Å². The molecule has 0 unspecified atom stereocenters. The van der Waals surface area contributed by atoms with E-state index in [2.05, 4.69) is 10.4 Å². The van der Waals surface area contributed by atoms with Gasteiger partial charge in [-0.1, -0.05) is 18.2 Å². The molecule has 4 heteroatoms. The van der Waals surface area contributed by atoms with E-state index in [1.807, 2.05) is 24.3 Å². The fourth-order valence-electron chi connectivity index (χ4n) is 2.58. The van der Waals surface area contributed by atoms with Crippen molar-refractivity contribution in [2.45, 2.75) is 19.4 Å². The maximum absolute atomic E-state index is 12.3. The molecule has 1 atom stereocenters. The molecule has 0 saturated carbocycles. The first-order valence-electron chi connectivity index (χ1n) is 6.50. The van der Waals surface area contributed by atoms with Gasteiger partial charge in [0.25, 0.3) is 5.56 Å². The van der Waals surface area contributed by atoms with Gasteiger partial charge in [0.05, 0.1) is 11.6 Å². The van der Waals surface area contributed by atoms with Crippen molar-refractivity contribution >= 4 is 10.8 Å². The van der Waals surface area contributed by atoms with Crippen LogP contribution in [0.15, 0.2) is 35.3 Å². The number of hydrogen-bond acceptors (Lipinski definition) is 3. The molecule has 3 rings (SSSR count). The molecule has 1 aliphatic heterocycles. The molecule has 0 spiro atoms.